The molecule has 2 aliphatic rings. The fourth-order valence-corrected chi connectivity index (χ4v) is 6.46. The van der Waals surface area contributed by atoms with Crippen molar-refractivity contribution < 1.29 is 24.1 Å². The zero-order valence-electron chi connectivity index (χ0n) is 21.7. The highest BCUT2D eigenvalue weighted by atomic mass is 32.2. The maximum absolute atomic E-state index is 13.8. The van der Waals surface area contributed by atoms with Crippen molar-refractivity contribution in [2.75, 3.05) is 19.1 Å². The molecule has 1 N–H and O–H groups in total. The second-order valence-electron chi connectivity index (χ2n) is 10.0. The van der Waals surface area contributed by atoms with Gasteiger partial charge in [0.1, 0.15) is 17.3 Å². The van der Waals surface area contributed by atoms with Crippen molar-refractivity contribution in [2.45, 2.75) is 88.9 Å². The maximum atomic E-state index is 13.8. The number of methoxy groups -OCH3 is 1. The van der Waals surface area contributed by atoms with Crippen molar-refractivity contribution in [1.82, 2.24) is 4.90 Å². The normalized spacial score (nSPS) is 32.0. The molecule has 35 heavy (non-hydrogen) atoms. The number of benzene rings is 1. The Labute approximate surface area is 219 Å². The van der Waals surface area contributed by atoms with Gasteiger partial charge in [-0.25, -0.2) is 4.79 Å². The maximum Gasteiger partial charge on any atom is 0.415 e. The van der Waals surface area contributed by atoms with Gasteiger partial charge in [-0.2, -0.15) is 11.8 Å². The van der Waals surface area contributed by atoms with E-state index in [1.165, 1.54) is 22.2 Å². The highest BCUT2D eigenvalue weighted by Crippen LogP contribution is 2.59. The van der Waals surface area contributed by atoms with E-state index in [1.807, 2.05) is 57.4 Å². The second-order valence-corrected chi connectivity index (χ2v) is 11.5. The minimum Gasteiger partial charge on any atom is -0.433 e. The molecule has 6 nitrogen and oxygen atoms in total. The summed E-state index contributed by atoms with van der Waals surface area (Å²) in [4.78, 5) is 15.7. The van der Waals surface area contributed by atoms with Crippen LogP contribution >= 0.6 is 24.0 Å². The van der Waals surface area contributed by atoms with Crippen LogP contribution in [0.1, 0.15) is 58.9 Å². The topological polar surface area (TPSA) is 71.5 Å². The van der Waals surface area contributed by atoms with Crippen LogP contribution in [0.3, 0.4) is 0 Å². The zero-order chi connectivity index (χ0) is 25.9. The number of nitrogens with zero attached hydrogens (tertiary/aromatic N) is 1. The number of thiocarbonyl (C=S) groups is 1. The Kier molecular flexibility index (Phi) is 9.08. The number of amides is 1. The average molecular weight is 522 g/mol. The first-order valence-corrected chi connectivity index (χ1v) is 13.9. The second kappa shape index (κ2) is 11.3. The number of thioether (sulfide) groups is 1. The summed E-state index contributed by atoms with van der Waals surface area (Å²) in [7, 11) is 1.61. The number of carbonyl (C=O) groups is 1. The van der Waals surface area contributed by atoms with E-state index in [4.69, 9.17) is 26.4 Å². The summed E-state index contributed by atoms with van der Waals surface area (Å²) in [5.74, 6) is 0.393. The van der Waals surface area contributed by atoms with Crippen molar-refractivity contribution in [3.63, 3.8) is 0 Å². The van der Waals surface area contributed by atoms with Crippen molar-refractivity contribution in [1.29, 1.82) is 0 Å². The van der Waals surface area contributed by atoms with Gasteiger partial charge in [-0.15, -0.1) is 0 Å². The van der Waals surface area contributed by atoms with Gasteiger partial charge < -0.3 is 19.3 Å². The molecule has 1 amide bonds. The van der Waals surface area contributed by atoms with Crippen LogP contribution in [0.4, 0.5) is 4.79 Å². The predicted octanol–water partition coefficient (Wildman–Crippen LogP) is 5.52. The molecule has 3 rings (SSSR count). The van der Waals surface area contributed by atoms with Gasteiger partial charge in [-0.1, -0.05) is 54.2 Å². The van der Waals surface area contributed by atoms with Crippen LogP contribution in [0, 0.1) is 0 Å². The molecule has 0 aromatic heterocycles. The van der Waals surface area contributed by atoms with E-state index < -0.39 is 29.0 Å². The minimum absolute atomic E-state index is 0.203. The Morgan fingerprint density at radius 2 is 2.00 bits per heavy atom. The van der Waals surface area contributed by atoms with Gasteiger partial charge in [-0.05, 0) is 65.2 Å². The molecule has 0 bridgehead atoms. The molecule has 194 valence electrons. The quantitative estimate of drug-likeness (QED) is 0.261. The van der Waals surface area contributed by atoms with E-state index >= 15 is 0 Å². The Morgan fingerprint density at radius 1 is 1.31 bits per heavy atom. The van der Waals surface area contributed by atoms with Crippen LogP contribution in [-0.4, -0.2) is 69.2 Å². The molecule has 5 unspecified atom stereocenters. The van der Waals surface area contributed by atoms with Gasteiger partial charge in [0.15, 0.2) is 5.60 Å². The number of ether oxygens (including phenoxy) is 3. The lowest BCUT2D eigenvalue weighted by atomic mass is 9.63. The van der Waals surface area contributed by atoms with E-state index in [0.29, 0.717) is 30.0 Å². The lowest BCUT2D eigenvalue weighted by Crippen LogP contribution is -2.74. The molecule has 1 saturated carbocycles. The monoisotopic (exact) mass is 521 g/mol. The standard InChI is InChI=1S/C27H39NO5S2/c1-19(2)14-15-22-25(4,32-22)27(23(31-5)13-10-16-26(27,30)18-35-6)33-24(29)28(20(3)34)17-21-11-8-7-9-12-21/h7-9,11-12,14,22-23,30H,10,13,15-18H2,1-6H3. The summed E-state index contributed by atoms with van der Waals surface area (Å²) < 4.78 is 18.7. The number of carbonyl (C=O) groups excluding carboxylic acids is 1. The average Bonchev–Trinajstić information content (AvgIpc) is 3.49. The van der Waals surface area contributed by atoms with Crippen LogP contribution in [0.25, 0.3) is 0 Å². The number of hydrogen-bond acceptors (Lipinski definition) is 7. The van der Waals surface area contributed by atoms with Crippen molar-refractivity contribution >= 4 is 35.1 Å². The van der Waals surface area contributed by atoms with Gasteiger partial charge >= 0.3 is 6.09 Å². The third kappa shape index (κ3) is 5.47. The van der Waals surface area contributed by atoms with Gasteiger partial charge in [-0.3, -0.25) is 4.90 Å². The van der Waals surface area contributed by atoms with Crippen molar-refractivity contribution in [3.05, 3.63) is 47.5 Å². The highest BCUT2D eigenvalue weighted by Gasteiger charge is 2.78. The largest absolute Gasteiger partial charge is 0.433 e. The summed E-state index contributed by atoms with van der Waals surface area (Å²) in [6.07, 6.45) is 5.32. The van der Waals surface area contributed by atoms with E-state index in [2.05, 4.69) is 6.08 Å². The van der Waals surface area contributed by atoms with Gasteiger partial charge in [0.25, 0.3) is 0 Å². The predicted molar refractivity (Wildman–Crippen MR) is 145 cm³/mol. The van der Waals surface area contributed by atoms with E-state index in [-0.39, 0.29) is 12.6 Å². The Morgan fingerprint density at radius 3 is 2.57 bits per heavy atom. The molecule has 1 heterocycles. The van der Waals surface area contributed by atoms with Crippen LogP contribution in [-0.2, 0) is 20.8 Å². The number of rotatable bonds is 9. The fourth-order valence-electron chi connectivity index (χ4n) is 5.48. The molecule has 1 aromatic rings. The van der Waals surface area contributed by atoms with Crippen molar-refractivity contribution in [2.24, 2.45) is 0 Å². The molecule has 2 fully saturated rings. The molecule has 5 atom stereocenters. The molecule has 0 radical (unpaired) electrons. The van der Waals surface area contributed by atoms with Crippen LogP contribution in [0.15, 0.2) is 42.0 Å². The van der Waals surface area contributed by atoms with Crippen LogP contribution < -0.4 is 0 Å². The first-order chi connectivity index (χ1) is 16.5. The Balaban J connectivity index is 2.05. The summed E-state index contributed by atoms with van der Waals surface area (Å²) in [5, 5.41) is 12.2. The Bertz CT molecular complexity index is 933. The smallest absolute Gasteiger partial charge is 0.415 e. The SMILES string of the molecule is COC1CCCC(O)(CSC)C1(OC(=O)N(Cc1ccccc1)C(C)=S)C1(C)OC1CC=C(C)C. The highest BCUT2D eigenvalue weighted by molar-refractivity contribution is 7.98. The molecule has 1 aliphatic carbocycles. The molecule has 8 heteroatoms. The molecule has 1 saturated heterocycles. The van der Waals surface area contributed by atoms with Crippen LogP contribution in [0.5, 0.6) is 0 Å². The Hall–Kier alpha value is -1.45. The summed E-state index contributed by atoms with van der Waals surface area (Å²) >= 11 is 6.98. The van der Waals surface area contributed by atoms with Gasteiger partial charge in [0.2, 0.25) is 0 Å². The number of aliphatic hydroxyl groups is 1. The molecular weight excluding hydrogens is 482 g/mol. The lowest BCUT2D eigenvalue weighted by molar-refractivity contribution is -0.248. The third-order valence-corrected chi connectivity index (χ3v) is 8.31. The minimum atomic E-state index is -1.40. The summed E-state index contributed by atoms with van der Waals surface area (Å²) in [6, 6.07) is 9.66. The molecule has 1 aliphatic heterocycles. The fraction of sp³-hybridized carbons (Fsp3) is 0.630. The number of hydrogen-bond donors (Lipinski definition) is 1. The zero-order valence-corrected chi connectivity index (χ0v) is 23.3. The van der Waals surface area contributed by atoms with Crippen molar-refractivity contribution in [3.8, 4) is 0 Å². The third-order valence-electron chi connectivity index (χ3n) is 7.32. The van der Waals surface area contributed by atoms with E-state index in [9.17, 15) is 9.90 Å². The first kappa shape index (κ1) is 28.1. The lowest BCUT2D eigenvalue weighted by Gasteiger charge is -2.55. The molecule has 0 spiro atoms. The van der Waals surface area contributed by atoms with Gasteiger partial charge in [0.05, 0.1) is 17.6 Å². The molecular formula is C27H39NO5S2. The number of allylic oxidation sites excluding steroid dienone is 1. The van der Waals surface area contributed by atoms with E-state index in [1.54, 1.807) is 14.0 Å². The van der Waals surface area contributed by atoms with Gasteiger partial charge in [0, 0.05) is 12.9 Å². The van der Waals surface area contributed by atoms with E-state index in [0.717, 1.165) is 12.0 Å². The summed E-state index contributed by atoms with van der Waals surface area (Å²) in [5.41, 5.74) is -1.51. The summed E-state index contributed by atoms with van der Waals surface area (Å²) in [6.45, 7) is 8.02. The number of epoxide rings is 1. The van der Waals surface area contributed by atoms with Crippen LogP contribution in [0.2, 0.25) is 0 Å². The molecule has 1 aromatic carbocycles. The first-order valence-electron chi connectivity index (χ1n) is 12.1.